The number of benzene rings is 2. The Balaban J connectivity index is 2.29. The minimum Gasteiger partial charge on any atom is -0.478 e. The quantitative estimate of drug-likeness (QED) is 0.549. The van der Waals surface area contributed by atoms with Gasteiger partial charge in [-0.1, -0.05) is 11.6 Å². The Morgan fingerprint density at radius 1 is 1.26 bits per heavy atom. The van der Waals surface area contributed by atoms with E-state index in [1.54, 1.807) is 12.1 Å². The van der Waals surface area contributed by atoms with Crippen molar-refractivity contribution in [3.63, 3.8) is 0 Å². The molecule has 0 aromatic heterocycles. The molecule has 19 heavy (non-hydrogen) atoms. The fraction of sp³-hybridized carbons (Fsp3) is 0. The molecule has 0 aliphatic rings. The fourth-order valence-electron chi connectivity index (χ4n) is 1.58. The highest BCUT2D eigenvalue weighted by Gasteiger charge is 2.08. The van der Waals surface area contributed by atoms with E-state index in [1.807, 2.05) is 18.2 Å². The summed E-state index contributed by atoms with van der Waals surface area (Å²) >= 11 is 8.28. The number of nitrogens with one attached hydrogen (secondary N) is 1. The van der Waals surface area contributed by atoms with E-state index in [9.17, 15) is 4.79 Å². The van der Waals surface area contributed by atoms with Crippen molar-refractivity contribution in [2.75, 3.05) is 11.1 Å². The van der Waals surface area contributed by atoms with Crippen LogP contribution in [0.3, 0.4) is 0 Å². The van der Waals surface area contributed by atoms with Gasteiger partial charge >= 0.3 is 5.97 Å². The monoisotopic (exact) mass is 388 g/mol. The van der Waals surface area contributed by atoms with Gasteiger partial charge in [0.2, 0.25) is 0 Å². The van der Waals surface area contributed by atoms with Crippen LogP contribution in [0.1, 0.15) is 10.4 Å². The molecule has 0 aliphatic carbocycles. The smallest absolute Gasteiger partial charge is 0.337 e. The maximum absolute atomic E-state index is 10.9. The lowest BCUT2D eigenvalue weighted by Gasteiger charge is -2.10. The van der Waals surface area contributed by atoms with Gasteiger partial charge < -0.3 is 16.2 Å². The van der Waals surface area contributed by atoms with Crippen LogP contribution in [0, 0.1) is 3.57 Å². The molecule has 0 fully saturated rings. The molecule has 0 bridgehead atoms. The number of carbonyl (C=O) groups is 1. The number of aromatic carboxylic acids is 1. The Bertz CT molecular complexity index is 647. The molecule has 0 saturated heterocycles. The van der Waals surface area contributed by atoms with Crippen molar-refractivity contribution in [1.29, 1.82) is 0 Å². The fourth-order valence-corrected chi connectivity index (χ4v) is 2.48. The Morgan fingerprint density at radius 3 is 2.58 bits per heavy atom. The Hall–Kier alpha value is -1.47. The number of carboxylic acids is 1. The summed E-state index contributed by atoms with van der Waals surface area (Å²) in [4.78, 5) is 10.9. The molecule has 4 nitrogen and oxygen atoms in total. The Morgan fingerprint density at radius 2 is 2.00 bits per heavy atom. The van der Waals surface area contributed by atoms with Crippen LogP contribution in [0.15, 0.2) is 36.4 Å². The zero-order valence-corrected chi connectivity index (χ0v) is 12.6. The summed E-state index contributed by atoms with van der Waals surface area (Å²) in [6, 6.07) is 10.3. The molecule has 2 aromatic rings. The van der Waals surface area contributed by atoms with E-state index in [1.165, 1.54) is 6.07 Å². The van der Waals surface area contributed by atoms with E-state index in [0.717, 1.165) is 9.26 Å². The number of halogens is 2. The van der Waals surface area contributed by atoms with Crippen LogP contribution in [0.2, 0.25) is 5.02 Å². The summed E-state index contributed by atoms with van der Waals surface area (Å²) < 4.78 is 1.04. The van der Waals surface area contributed by atoms with Crippen LogP contribution in [0.5, 0.6) is 0 Å². The molecule has 0 atom stereocenters. The van der Waals surface area contributed by atoms with Crippen LogP contribution in [0.25, 0.3) is 0 Å². The van der Waals surface area contributed by atoms with Crippen LogP contribution < -0.4 is 11.1 Å². The molecule has 6 heteroatoms. The van der Waals surface area contributed by atoms with E-state index >= 15 is 0 Å². The van der Waals surface area contributed by atoms with Crippen LogP contribution >= 0.6 is 34.2 Å². The lowest BCUT2D eigenvalue weighted by atomic mass is 10.1. The topological polar surface area (TPSA) is 75.3 Å². The standard InChI is InChI=1S/C13H10ClIN2O2/c14-10-5-7(15)1-4-12(10)17-8-2-3-9(13(18)19)11(16)6-8/h1-6,17H,16H2,(H,18,19). The van der Waals surface area contributed by atoms with Crippen molar-refractivity contribution < 1.29 is 9.90 Å². The minimum absolute atomic E-state index is 0.0826. The van der Waals surface area contributed by atoms with E-state index in [-0.39, 0.29) is 11.3 Å². The summed E-state index contributed by atoms with van der Waals surface area (Å²) in [6.07, 6.45) is 0. The highest BCUT2D eigenvalue weighted by molar-refractivity contribution is 14.1. The summed E-state index contributed by atoms with van der Waals surface area (Å²) in [5.41, 5.74) is 7.40. The molecule has 4 N–H and O–H groups in total. The Labute approximate surface area is 128 Å². The highest BCUT2D eigenvalue weighted by Crippen LogP contribution is 2.28. The van der Waals surface area contributed by atoms with Gasteiger partial charge in [0.1, 0.15) is 0 Å². The van der Waals surface area contributed by atoms with Gasteiger partial charge in [0.25, 0.3) is 0 Å². The molecule has 0 spiro atoms. The first-order valence-electron chi connectivity index (χ1n) is 5.32. The van der Waals surface area contributed by atoms with Gasteiger partial charge in [-0.25, -0.2) is 4.79 Å². The lowest BCUT2D eigenvalue weighted by Crippen LogP contribution is -2.03. The van der Waals surface area contributed by atoms with E-state index in [4.69, 9.17) is 22.4 Å². The molecule has 0 unspecified atom stereocenters. The molecule has 98 valence electrons. The van der Waals surface area contributed by atoms with Crippen LogP contribution in [-0.4, -0.2) is 11.1 Å². The molecule has 0 heterocycles. The average Bonchev–Trinajstić information content (AvgIpc) is 2.32. The number of nitrogens with two attached hydrogens (primary N) is 1. The molecular weight excluding hydrogens is 379 g/mol. The molecule has 0 amide bonds. The van der Waals surface area contributed by atoms with Gasteiger partial charge in [-0.3, -0.25) is 0 Å². The van der Waals surface area contributed by atoms with Gasteiger partial charge in [0.15, 0.2) is 0 Å². The third kappa shape index (κ3) is 3.30. The van der Waals surface area contributed by atoms with E-state index in [0.29, 0.717) is 10.7 Å². The molecular formula is C13H10ClIN2O2. The minimum atomic E-state index is -1.05. The second-order valence-electron chi connectivity index (χ2n) is 3.86. The second kappa shape index (κ2) is 5.66. The summed E-state index contributed by atoms with van der Waals surface area (Å²) in [5.74, 6) is -1.05. The van der Waals surface area contributed by atoms with Crippen molar-refractivity contribution in [2.24, 2.45) is 0 Å². The van der Waals surface area contributed by atoms with Gasteiger partial charge in [0, 0.05) is 14.9 Å². The van der Waals surface area contributed by atoms with Gasteiger partial charge in [-0.2, -0.15) is 0 Å². The van der Waals surface area contributed by atoms with Gasteiger partial charge in [-0.15, -0.1) is 0 Å². The molecule has 0 radical (unpaired) electrons. The number of rotatable bonds is 3. The molecule has 0 saturated carbocycles. The predicted molar refractivity (Wildman–Crippen MR) is 85.3 cm³/mol. The SMILES string of the molecule is Nc1cc(Nc2ccc(I)cc2Cl)ccc1C(=O)O. The van der Waals surface area contributed by atoms with Crippen molar-refractivity contribution in [1.82, 2.24) is 0 Å². The van der Waals surface area contributed by atoms with Crippen LogP contribution in [-0.2, 0) is 0 Å². The first-order valence-corrected chi connectivity index (χ1v) is 6.78. The van der Waals surface area contributed by atoms with Gasteiger partial charge in [0.05, 0.1) is 16.3 Å². The third-order valence-electron chi connectivity index (χ3n) is 2.49. The first kappa shape index (κ1) is 14.0. The zero-order chi connectivity index (χ0) is 14.0. The summed E-state index contributed by atoms with van der Waals surface area (Å²) in [5, 5.41) is 12.6. The normalized spacial score (nSPS) is 10.2. The van der Waals surface area contributed by atoms with E-state index in [2.05, 4.69) is 27.9 Å². The summed E-state index contributed by atoms with van der Waals surface area (Å²) in [7, 11) is 0. The second-order valence-corrected chi connectivity index (χ2v) is 5.51. The first-order chi connectivity index (χ1) is 8.97. The number of carboxylic acid groups (broad SMARTS) is 1. The highest BCUT2D eigenvalue weighted by atomic mass is 127. The zero-order valence-electron chi connectivity index (χ0n) is 9.65. The number of nitrogen functional groups attached to an aromatic ring is 1. The lowest BCUT2D eigenvalue weighted by molar-refractivity contribution is 0.0698. The van der Waals surface area contributed by atoms with Crippen molar-refractivity contribution >= 4 is 57.2 Å². The van der Waals surface area contributed by atoms with E-state index < -0.39 is 5.97 Å². The van der Waals surface area contributed by atoms with Crippen molar-refractivity contribution in [2.45, 2.75) is 0 Å². The summed E-state index contributed by atoms with van der Waals surface area (Å²) in [6.45, 7) is 0. The van der Waals surface area contributed by atoms with Crippen molar-refractivity contribution in [3.8, 4) is 0 Å². The van der Waals surface area contributed by atoms with Crippen LogP contribution in [0.4, 0.5) is 17.1 Å². The number of hydrogen-bond acceptors (Lipinski definition) is 3. The number of anilines is 3. The average molecular weight is 389 g/mol. The predicted octanol–water partition coefficient (Wildman–Crippen LogP) is 3.97. The van der Waals surface area contributed by atoms with Gasteiger partial charge in [-0.05, 0) is 59.0 Å². The molecule has 2 rings (SSSR count). The maximum Gasteiger partial charge on any atom is 0.337 e. The van der Waals surface area contributed by atoms with Crippen molar-refractivity contribution in [3.05, 3.63) is 50.6 Å². The molecule has 0 aliphatic heterocycles. The largest absolute Gasteiger partial charge is 0.478 e. The molecule has 2 aromatic carbocycles. The third-order valence-corrected chi connectivity index (χ3v) is 3.48. The Kier molecular flexibility index (Phi) is 4.16. The maximum atomic E-state index is 10.9. The number of hydrogen-bond donors (Lipinski definition) is 3.